The third-order valence-corrected chi connectivity index (χ3v) is 3.08. The minimum Gasteiger partial charge on any atom is -0.478 e. The van der Waals surface area contributed by atoms with Crippen molar-refractivity contribution in [2.24, 2.45) is 0 Å². The Labute approximate surface area is 138 Å². The van der Waals surface area contributed by atoms with Crippen LogP contribution in [0.2, 0.25) is 0 Å². The predicted octanol–water partition coefficient (Wildman–Crippen LogP) is 3.17. The van der Waals surface area contributed by atoms with Gasteiger partial charge >= 0.3 is 11.9 Å². The number of hydrogen-bond acceptors (Lipinski definition) is 4. The Morgan fingerprint density at radius 3 is 0.917 bits per heavy atom. The molecular formula is C18H16O6. The Morgan fingerprint density at radius 2 is 0.750 bits per heavy atom. The second-order valence-corrected chi connectivity index (χ2v) is 4.88. The minimum absolute atomic E-state index is 0.0186. The number of carbonyl (C=O) groups is 4. The fourth-order valence-electron chi connectivity index (χ4n) is 1.70. The summed E-state index contributed by atoms with van der Waals surface area (Å²) >= 11 is 0. The molecule has 124 valence electrons. The monoisotopic (exact) mass is 328 g/mol. The van der Waals surface area contributed by atoms with Crippen LogP contribution in [0.3, 0.4) is 0 Å². The first-order valence-electron chi connectivity index (χ1n) is 6.91. The maximum Gasteiger partial charge on any atom is 0.335 e. The number of benzene rings is 2. The van der Waals surface area contributed by atoms with Crippen molar-refractivity contribution in [1.29, 1.82) is 0 Å². The van der Waals surface area contributed by atoms with Gasteiger partial charge in [0.25, 0.3) is 0 Å². The maximum absolute atomic E-state index is 10.8. The molecule has 2 N–H and O–H groups in total. The summed E-state index contributed by atoms with van der Waals surface area (Å²) < 4.78 is 0. The number of carboxylic acids is 2. The zero-order chi connectivity index (χ0) is 18.3. The molecule has 0 aliphatic heterocycles. The molecule has 0 unspecified atom stereocenters. The highest BCUT2D eigenvalue weighted by Gasteiger charge is 2.05. The first kappa shape index (κ1) is 18.8. The third-order valence-electron chi connectivity index (χ3n) is 3.08. The molecule has 0 amide bonds. The van der Waals surface area contributed by atoms with Crippen molar-refractivity contribution in [3.05, 3.63) is 70.8 Å². The number of hydrogen-bond donors (Lipinski definition) is 2. The SMILES string of the molecule is CC(=O)c1ccc(C(C)=O)cc1.O=C(O)c1ccc(C(=O)O)cc1. The molecule has 2 aromatic rings. The average Bonchev–Trinajstić information content (AvgIpc) is 2.55. The Morgan fingerprint density at radius 1 is 0.542 bits per heavy atom. The number of carbonyl (C=O) groups excluding carboxylic acids is 2. The van der Waals surface area contributed by atoms with Crippen LogP contribution in [0, 0.1) is 0 Å². The molecule has 2 rings (SSSR count). The van der Waals surface area contributed by atoms with Crippen LogP contribution in [-0.4, -0.2) is 33.7 Å². The quantitative estimate of drug-likeness (QED) is 0.834. The van der Waals surface area contributed by atoms with Gasteiger partial charge in [0.05, 0.1) is 11.1 Å². The maximum atomic E-state index is 10.8. The fourth-order valence-corrected chi connectivity index (χ4v) is 1.70. The zero-order valence-electron chi connectivity index (χ0n) is 13.1. The molecule has 0 spiro atoms. The van der Waals surface area contributed by atoms with E-state index in [0.29, 0.717) is 11.1 Å². The number of ketones is 2. The van der Waals surface area contributed by atoms with Gasteiger partial charge in [-0.05, 0) is 38.1 Å². The fraction of sp³-hybridized carbons (Fsp3) is 0.111. The summed E-state index contributed by atoms with van der Waals surface area (Å²) in [7, 11) is 0. The summed E-state index contributed by atoms with van der Waals surface area (Å²) in [5.41, 5.74) is 1.44. The van der Waals surface area contributed by atoms with Crippen LogP contribution in [0.25, 0.3) is 0 Å². The van der Waals surface area contributed by atoms with Gasteiger partial charge in [-0.15, -0.1) is 0 Å². The lowest BCUT2D eigenvalue weighted by Crippen LogP contribution is -1.99. The van der Waals surface area contributed by atoms with Crippen LogP contribution in [0.5, 0.6) is 0 Å². The highest BCUT2D eigenvalue weighted by molar-refractivity contribution is 5.97. The van der Waals surface area contributed by atoms with E-state index in [0.717, 1.165) is 0 Å². The van der Waals surface area contributed by atoms with E-state index >= 15 is 0 Å². The van der Waals surface area contributed by atoms with Gasteiger partial charge < -0.3 is 10.2 Å². The van der Waals surface area contributed by atoms with Gasteiger partial charge in [-0.2, -0.15) is 0 Å². The minimum atomic E-state index is -1.06. The van der Waals surface area contributed by atoms with E-state index in [1.165, 1.54) is 38.1 Å². The summed E-state index contributed by atoms with van der Waals surface area (Å²) in [5, 5.41) is 16.9. The van der Waals surface area contributed by atoms with Crippen molar-refractivity contribution >= 4 is 23.5 Å². The Kier molecular flexibility index (Phi) is 6.55. The molecule has 0 saturated carbocycles. The first-order chi connectivity index (χ1) is 11.2. The summed E-state index contributed by atoms with van der Waals surface area (Å²) in [4.78, 5) is 42.4. The zero-order valence-corrected chi connectivity index (χ0v) is 13.1. The lowest BCUT2D eigenvalue weighted by Gasteiger charge is -1.96. The van der Waals surface area contributed by atoms with Crippen LogP contribution in [0.15, 0.2) is 48.5 Å². The third kappa shape index (κ3) is 5.49. The molecule has 0 atom stereocenters. The normalized spacial score (nSPS) is 9.42. The Balaban J connectivity index is 0.000000240. The van der Waals surface area contributed by atoms with E-state index in [1.54, 1.807) is 24.3 Å². The molecule has 6 heteroatoms. The summed E-state index contributed by atoms with van der Waals surface area (Å²) in [6.07, 6.45) is 0. The van der Waals surface area contributed by atoms with Crippen LogP contribution in [0.1, 0.15) is 55.3 Å². The second kappa shape index (κ2) is 8.38. The largest absolute Gasteiger partial charge is 0.478 e. The van der Waals surface area contributed by atoms with Crippen molar-refractivity contribution in [2.75, 3.05) is 0 Å². The van der Waals surface area contributed by atoms with Gasteiger partial charge in [-0.3, -0.25) is 9.59 Å². The number of carboxylic acid groups (broad SMARTS) is 2. The lowest BCUT2D eigenvalue weighted by molar-refractivity contribution is 0.0681. The smallest absolute Gasteiger partial charge is 0.335 e. The van der Waals surface area contributed by atoms with E-state index in [1.807, 2.05) is 0 Å². The Hall–Kier alpha value is -3.28. The summed E-state index contributed by atoms with van der Waals surface area (Å²) in [6.45, 7) is 3.01. The predicted molar refractivity (Wildman–Crippen MR) is 86.8 cm³/mol. The van der Waals surface area contributed by atoms with Crippen molar-refractivity contribution < 1.29 is 29.4 Å². The molecule has 0 saturated heterocycles. The molecular weight excluding hydrogens is 312 g/mol. The van der Waals surface area contributed by atoms with E-state index in [9.17, 15) is 19.2 Å². The van der Waals surface area contributed by atoms with E-state index < -0.39 is 11.9 Å². The van der Waals surface area contributed by atoms with Gasteiger partial charge in [0.15, 0.2) is 11.6 Å². The molecule has 0 aliphatic carbocycles. The average molecular weight is 328 g/mol. The standard InChI is InChI=1S/C10H10O2.C8H6O4/c1-7(11)9-3-5-10(6-4-9)8(2)12;9-7(10)5-1-2-6(4-3-5)8(11)12/h3-6H,1-2H3;1-4H,(H,9,10)(H,11,12). The van der Waals surface area contributed by atoms with Crippen LogP contribution in [-0.2, 0) is 0 Å². The van der Waals surface area contributed by atoms with Gasteiger partial charge in [-0.25, -0.2) is 9.59 Å². The topological polar surface area (TPSA) is 109 Å². The molecule has 2 aromatic carbocycles. The second-order valence-electron chi connectivity index (χ2n) is 4.88. The van der Waals surface area contributed by atoms with Gasteiger partial charge in [-0.1, -0.05) is 24.3 Å². The highest BCUT2D eigenvalue weighted by atomic mass is 16.4. The van der Waals surface area contributed by atoms with Crippen molar-refractivity contribution in [3.63, 3.8) is 0 Å². The number of aromatic carboxylic acids is 2. The first-order valence-corrected chi connectivity index (χ1v) is 6.91. The van der Waals surface area contributed by atoms with Gasteiger partial charge in [0.2, 0.25) is 0 Å². The molecule has 0 aromatic heterocycles. The van der Waals surface area contributed by atoms with E-state index in [2.05, 4.69) is 0 Å². The van der Waals surface area contributed by atoms with Crippen molar-refractivity contribution in [1.82, 2.24) is 0 Å². The lowest BCUT2D eigenvalue weighted by atomic mass is 10.1. The van der Waals surface area contributed by atoms with Gasteiger partial charge in [0.1, 0.15) is 0 Å². The van der Waals surface area contributed by atoms with Crippen molar-refractivity contribution in [3.8, 4) is 0 Å². The molecule has 0 heterocycles. The van der Waals surface area contributed by atoms with Crippen molar-refractivity contribution in [2.45, 2.75) is 13.8 Å². The molecule has 0 bridgehead atoms. The molecule has 0 radical (unpaired) electrons. The van der Waals surface area contributed by atoms with Crippen LogP contribution >= 0.6 is 0 Å². The van der Waals surface area contributed by atoms with E-state index in [-0.39, 0.29) is 22.7 Å². The van der Waals surface area contributed by atoms with Gasteiger partial charge in [0, 0.05) is 11.1 Å². The molecule has 0 aliphatic rings. The van der Waals surface area contributed by atoms with Crippen LogP contribution < -0.4 is 0 Å². The molecule has 6 nitrogen and oxygen atoms in total. The van der Waals surface area contributed by atoms with E-state index in [4.69, 9.17) is 10.2 Å². The highest BCUT2D eigenvalue weighted by Crippen LogP contribution is 2.05. The van der Waals surface area contributed by atoms with Crippen LogP contribution in [0.4, 0.5) is 0 Å². The summed E-state index contributed by atoms with van der Waals surface area (Å²) in [5.74, 6) is -2.09. The number of rotatable bonds is 4. The summed E-state index contributed by atoms with van der Waals surface area (Å²) in [6, 6.07) is 11.7. The molecule has 0 fully saturated rings. The Bertz CT molecular complexity index is 624. The molecule has 24 heavy (non-hydrogen) atoms. The number of Topliss-reactive ketones (excluding diaryl/α,β-unsaturated/α-hetero) is 2.